The van der Waals surface area contributed by atoms with Crippen molar-refractivity contribution in [1.29, 1.82) is 0 Å². The van der Waals surface area contributed by atoms with Gasteiger partial charge in [-0.2, -0.15) is 0 Å². The highest BCUT2D eigenvalue weighted by atomic mass is 16.2. The molecule has 0 aromatic rings. The highest BCUT2D eigenvalue weighted by molar-refractivity contribution is 6.00. The molecule has 0 N–H and O–H groups in total. The van der Waals surface area contributed by atoms with Crippen molar-refractivity contribution in [2.45, 2.75) is 180 Å². The zero-order valence-corrected chi connectivity index (χ0v) is 30.9. The van der Waals surface area contributed by atoms with Gasteiger partial charge in [0.25, 0.3) is 0 Å². The normalized spacial score (nSPS) is 44.2. The molecule has 0 saturated heterocycles. The first kappa shape index (κ1) is 34.7. The largest absolute Gasteiger partial charge is 0.276 e. The Morgan fingerprint density at radius 2 is 0.625 bits per heavy atom. The van der Waals surface area contributed by atoms with Gasteiger partial charge in [0.2, 0.25) is 23.6 Å². The average molecular weight is 663 g/mol. The molecule has 0 aromatic heterocycles. The zero-order valence-electron chi connectivity index (χ0n) is 30.9. The summed E-state index contributed by atoms with van der Waals surface area (Å²) in [5.41, 5.74) is -1.13. The lowest BCUT2D eigenvalue weighted by Crippen LogP contribution is -2.74. The van der Waals surface area contributed by atoms with E-state index in [9.17, 15) is 19.2 Å². The Morgan fingerprint density at radius 3 is 0.854 bits per heavy atom. The lowest BCUT2D eigenvalue weighted by Gasteiger charge is -2.66. The van der Waals surface area contributed by atoms with Crippen LogP contribution in [0.15, 0.2) is 0 Å². The van der Waals surface area contributed by atoms with Crippen LogP contribution in [0.5, 0.6) is 0 Å². The molecule has 4 amide bonds. The van der Waals surface area contributed by atoms with Crippen LogP contribution in [0.2, 0.25) is 0 Å². The van der Waals surface area contributed by atoms with Gasteiger partial charge in [-0.1, -0.05) is 27.7 Å². The van der Waals surface area contributed by atoms with E-state index in [1.165, 1.54) is 0 Å². The van der Waals surface area contributed by atoms with Gasteiger partial charge in [0.15, 0.2) is 0 Å². The predicted octanol–water partition coefficient (Wildman–Crippen LogP) is 9.09. The summed E-state index contributed by atoms with van der Waals surface area (Å²) in [6.45, 7) is 9.16. The Labute approximate surface area is 291 Å². The van der Waals surface area contributed by atoms with E-state index in [1.54, 1.807) is 0 Å². The van der Waals surface area contributed by atoms with Crippen molar-refractivity contribution >= 4 is 23.6 Å². The van der Waals surface area contributed by atoms with Gasteiger partial charge in [-0.25, -0.2) is 0 Å². The molecule has 0 heterocycles. The number of imide groups is 2. The van der Waals surface area contributed by atoms with Gasteiger partial charge in [-0.05, 0) is 177 Å². The molecule has 8 aliphatic carbocycles. The van der Waals surface area contributed by atoms with Crippen molar-refractivity contribution in [3.63, 3.8) is 0 Å². The maximum absolute atomic E-state index is 14.9. The third kappa shape index (κ3) is 6.58. The summed E-state index contributed by atoms with van der Waals surface area (Å²) in [6, 6.07) is 0. The summed E-state index contributed by atoms with van der Waals surface area (Å²) >= 11 is 0. The number of nitrogens with zero attached hydrogens (tertiary/aromatic N) is 2. The lowest BCUT2D eigenvalue weighted by atomic mass is 9.48. The summed E-state index contributed by atoms with van der Waals surface area (Å²) in [4.78, 5) is 63.5. The summed E-state index contributed by atoms with van der Waals surface area (Å²) in [6.07, 6.45) is 20.7. The van der Waals surface area contributed by atoms with Crippen LogP contribution >= 0.6 is 0 Å². The standard InChI is InChI=1S/C42H66N2O4/c1-27-5-13-33(14-6-27)37(45)43(38(46)34-15-7-28(2)8-16-34)41-22-31-21-32(23-41)25-42(24-31,26-41)44(39(47)35-17-9-29(3)10-18-35)40(48)36-19-11-30(4)12-20-36/h27-36H,5-26H2,1-4H3. The van der Waals surface area contributed by atoms with Gasteiger partial charge in [0.1, 0.15) is 0 Å². The minimum atomic E-state index is -0.564. The van der Waals surface area contributed by atoms with E-state index in [0.717, 1.165) is 135 Å². The summed E-state index contributed by atoms with van der Waals surface area (Å²) in [7, 11) is 0. The van der Waals surface area contributed by atoms with Crippen LogP contribution < -0.4 is 0 Å². The Hall–Kier alpha value is -1.72. The SMILES string of the molecule is CC1CCC(C(=O)N(C(=O)C2CCC(C)CC2)C23CC4CC(C2)CC(N(C(=O)C2CCC(C)CC2)C(=O)C2CCC(C)CC2)(C4)C3)CC1. The molecule has 48 heavy (non-hydrogen) atoms. The van der Waals surface area contributed by atoms with Crippen molar-refractivity contribution in [2.75, 3.05) is 0 Å². The van der Waals surface area contributed by atoms with Gasteiger partial charge in [0.05, 0.1) is 11.1 Å². The number of carbonyl (C=O) groups excluding carboxylic acids is 4. The lowest BCUT2D eigenvalue weighted by molar-refractivity contribution is -0.190. The quantitative estimate of drug-likeness (QED) is 0.266. The first-order valence-corrected chi connectivity index (χ1v) is 20.7. The molecule has 6 nitrogen and oxygen atoms in total. The minimum Gasteiger partial charge on any atom is -0.276 e. The van der Waals surface area contributed by atoms with Crippen LogP contribution in [-0.4, -0.2) is 44.5 Å². The third-order valence-corrected chi connectivity index (χ3v) is 15.3. The molecule has 0 aromatic carbocycles. The number of rotatable bonds is 6. The molecule has 6 heteroatoms. The van der Waals surface area contributed by atoms with Crippen molar-refractivity contribution in [1.82, 2.24) is 9.80 Å². The maximum atomic E-state index is 14.9. The Balaban J connectivity index is 1.25. The number of carbonyl (C=O) groups is 4. The molecule has 0 radical (unpaired) electrons. The van der Waals surface area contributed by atoms with Gasteiger partial charge < -0.3 is 0 Å². The molecule has 0 atom stereocenters. The van der Waals surface area contributed by atoms with E-state index < -0.39 is 11.1 Å². The van der Waals surface area contributed by atoms with Crippen molar-refractivity contribution in [3.05, 3.63) is 0 Å². The number of hydrogen-bond donors (Lipinski definition) is 0. The summed E-state index contributed by atoms with van der Waals surface area (Å²) in [5, 5.41) is 0. The Kier molecular flexibility index (Phi) is 9.96. The van der Waals surface area contributed by atoms with Gasteiger partial charge in [-0.3, -0.25) is 29.0 Å². The third-order valence-electron chi connectivity index (χ3n) is 15.3. The molecule has 0 spiro atoms. The van der Waals surface area contributed by atoms with Gasteiger partial charge >= 0.3 is 0 Å². The van der Waals surface area contributed by atoms with Gasteiger partial charge in [-0.15, -0.1) is 0 Å². The van der Waals surface area contributed by atoms with Crippen LogP contribution in [0.1, 0.15) is 169 Å². The fourth-order valence-electron chi connectivity index (χ4n) is 12.6. The van der Waals surface area contributed by atoms with E-state index >= 15 is 0 Å². The molecule has 0 aliphatic heterocycles. The average Bonchev–Trinajstić information content (AvgIpc) is 3.05. The molecule has 8 aliphatic rings. The molecule has 0 unspecified atom stereocenters. The summed E-state index contributed by atoms with van der Waals surface area (Å²) < 4.78 is 0. The molecule has 268 valence electrons. The molecular formula is C42H66N2O4. The second-order valence-corrected chi connectivity index (χ2v) is 19.3. The number of amides is 4. The fraction of sp³-hybridized carbons (Fsp3) is 0.905. The fourth-order valence-corrected chi connectivity index (χ4v) is 12.6. The van der Waals surface area contributed by atoms with Crippen LogP contribution in [-0.2, 0) is 19.2 Å². The Morgan fingerprint density at radius 1 is 0.396 bits per heavy atom. The maximum Gasteiger partial charge on any atom is 0.232 e. The second-order valence-electron chi connectivity index (χ2n) is 19.3. The van der Waals surface area contributed by atoms with E-state index in [1.807, 2.05) is 9.80 Å². The van der Waals surface area contributed by atoms with E-state index in [0.29, 0.717) is 41.9 Å². The van der Waals surface area contributed by atoms with E-state index in [2.05, 4.69) is 27.7 Å². The molecular weight excluding hydrogens is 596 g/mol. The molecule has 4 bridgehead atoms. The van der Waals surface area contributed by atoms with Crippen LogP contribution in [0, 0.1) is 59.2 Å². The highest BCUT2D eigenvalue weighted by Crippen LogP contribution is 2.62. The first-order valence-electron chi connectivity index (χ1n) is 20.7. The monoisotopic (exact) mass is 663 g/mol. The van der Waals surface area contributed by atoms with Crippen molar-refractivity contribution in [2.24, 2.45) is 59.2 Å². The smallest absolute Gasteiger partial charge is 0.232 e. The zero-order chi connectivity index (χ0) is 33.8. The van der Waals surface area contributed by atoms with E-state index in [4.69, 9.17) is 0 Å². The van der Waals surface area contributed by atoms with Gasteiger partial charge in [0, 0.05) is 23.7 Å². The number of hydrogen-bond acceptors (Lipinski definition) is 4. The minimum absolute atomic E-state index is 0.0792. The van der Waals surface area contributed by atoms with Crippen molar-refractivity contribution < 1.29 is 19.2 Å². The highest BCUT2D eigenvalue weighted by Gasteiger charge is 2.66. The second kappa shape index (κ2) is 13.8. The van der Waals surface area contributed by atoms with E-state index in [-0.39, 0.29) is 47.3 Å². The van der Waals surface area contributed by atoms with Crippen LogP contribution in [0.3, 0.4) is 0 Å². The first-order chi connectivity index (χ1) is 23.0. The van der Waals surface area contributed by atoms with Crippen LogP contribution in [0.4, 0.5) is 0 Å². The van der Waals surface area contributed by atoms with Crippen LogP contribution in [0.25, 0.3) is 0 Å². The topological polar surface area (TPSA) is 74.8 Å². The predicted molar refractivity (Wildman–Crippen MR) is 188 cm³/mol. The molecule has 8 fully saturated rings. The summed E-state index contributed by atoms with van der Waals surface area (Å²) in [5.74, 6) is 3.30. The van der Waals surface area contributed by atoms with Crippen molar-refractivity contribution in [3.8, 4) is 0 Å². The Bertz CT molecular complexity index is 1040. The molecule has 8 saturated carbocycles. The molecule has 8 rings (SSSR count).